The largest absolute Gasteiger partial charge is 0.324 e. The van der Waals surface area contributed by atoms with Crippen molar-refractivity contribution in [1.82, 2.24) is 0 Å². The summed E-state index contributed by atoms with van der Waals surface area (Å²) in [5.41, 5.74) is 1.36. The lowest BCUT2D eigenvalue weighted by atomic mass is 10.1. The normalized spacial score (nSPS) is 17.4. The summed E-state index contributed by atoms with van der Waals surface area (Å²) in [7, 11) is 0. The predicted molar refractivity (Wildman–Crippen MR) is 94.7 cm³/mol. The highest BCUT2D eigenvalue weighted by atomic mass is 79.9. The fourth-order valence-corrected chi connectivity index (χ4v) is 3.00. The van der Waals surface area contributed by atoms with E-state index >= 15 is 0 Å². The van der Waals surface area contributed by atoms with E-state index in [0.717, 1.165) is 10.2 Å². The van der Waals surface area contributed by atoms with E-state index in [2.05, 4.69) is 21.2 Å². The molecular weight excluding hydrogens is 380 g/mol. The topological polar surface area (TPSA) is 49.4 Å². The molecule has 1 heterocycles. The number of amides is 2. The second-order valence-corrected chi connectivity index (χ2v) is 6.67. The van der Waals surface area contributed by atoms with Crippen molar-refractivity contribution in [3.05, 3.63) is 58.0 Å². The molecule has 0 saturated carbocycles. The predicted octanol–water partition coefficient (Wildman–Crippen LogP) is 4.09. The molecule has 3 rings (SSSR count). The van der Waals surface area contributed by atoms with Gasteiger partial charge in [0, 0.05) is 23.1 Å². The molecule has 2 aromatic rings. The number of carbonyl (C=O) groups is 2. The van der Waals surface area contributed by atoms with Gasteiger partial charge in [-0.3, -0.25) is 9.59 Å². The molecule has 1 aliphatic rings. The molecule has 2 aromatic carbocycles. The zero-order valence-corrected chi connectivity index (χ0v) is 14.5. The molecule has 1 aliphatic heterocycles. The molecule has 118 valence electrons. The Bertz CT molecular complexity index is 749. The first-order valence-corrected chi connectivity index (χ1v) is 8.33. The van der Waals surface area contributed by atoms with Crippen molar-refractivity contribution >= 4 is 50.7 Å². The van der Waals surface area contributed by atoms with Crippen LogP contribution < -0.4 is 10.2 Å². The lowest BCUT2D eigenvalue weighted by Gasteiger charge is -2.17. The molecule has 1 N–H and O–H groups in total. The highest BCUT2D eigenvalue weighted by Gasteiger charge is 2.35. The van der Waals surface area contributed by atoms with Gasteiger partial charge in [-0.1, -0.05) is 39.7 Å². The minimum atomic E-state index is -0.387. The zero-order valence-electron chi connectivity index (χ0n) is 12.1. The van der Waals surface area contributed by atoms with E-state index in [1.807, 2.05) is 24.3 Å². The standard InChI is InChI=1S/C17H14BrClN2O2/c18-12-5-7-13(8-6-12)21-10-11(9-16(21)22)17(23)20-15-4-2-1-3-14(15)19/h1-8,11H,9-10H2,(H,20,23)/t11-/m0/s1. The molecule has 0 bridgehead atoms. The summed E-state index contributed by atoms with van der Waals surface area (Å²) >= 11 is 9.41. The molecule has 0 radical (unpaired) electrons. The first-order valence-electron chi connectivity index (χ1n) is 7.16. The minimum Gasteiger partial charge on any atom is -0.324 e. The Morgan fingerprint density at radius 2 is 1.87 bits per heavy atom. The summed E-state index contributed by atoms with van der Waals surface area (Å²) in [4.78, 5) is 26.2. The number of carbonyl (C=O) groups excluding carboxylic acids is 2. The number of hydrogen-bond donors (Lipinski definition) is 1. The Morgan fingerprint density at radius 1 is 1.17 bits per heavy atom. The number of halogens is 2. The van der Waals surface area contributed by atoms with E-state index in [9.17, 15) is 9.59 Å². The van der Waals surface area contributed by atoms with Gasteiger partial charge in [0.25, 0.3) is 0 Å². The maximum atomic E-state index is 12.4. The van der Waals surface area contributed by atoms with Gasteiger partial charge in [-0.25, -0.2) is 0 Å². The maximum Gasteiger partial charge on any atom is 0.229 e. The van der Waals surface area contributed by atoms with Gasteiger partial charge < -0.3 is 10.2 Å². The van der Waals surface area contributed by atoms with E-state index in [0.29, 0.717) is 17.3 Å². The van der Waals surface area contributed by atoms with Crippen LogP contribution in [0.25, 0.3) is 0 Å². The third-order valence-electron chi connectivity index (χ3n) is 3.77. The van der Waals surface area contributed by atoms with Gasteiger partial charge >= 0.3 is 0 Å². The second kappa shape index (κ2) is 6.72. The molecule has 0 unspecified atom stereocenters. The molecule has 0 spiro atoms. The Labute approximate surface area is 147 Å². The molecule has 2 amide bonds. The van der Waals surface area contributed by atoms with E-state index in [1.165, 1.54) is 0 Å². The van der Waals surface area contributed by atoms with Crippen molar-refractivity contribution < 1.29 is 9.59 Å². The van der Waals surface area contributed by atoms with Crippen LogP contribution in [0.2, 0.25) is 5.02 Å². The molecule has 23 heavy (non-hydrogen) atoms. The highest BCUT2D eigenvalue weighted by Crippen LogP contribution is 2.28. The number of nitrogens with zero attached hydrogens (tertiary/aromatic N) is 1. The fourth-order valence-electron chi connectivity index (χ4n) is 2.55. The number of hydrogen-bond acceptors (Lipinski definition) is 2. The van der Waals surface area contributed by atoms with Crippen molar-refractivity contribution in [3.8, 4) is 0 Å². The number of anilines is 2. The van der Waals surface area contributed by atoms with Crippen molar-refractivity contribution in [2.45, 2.75) is 6.42 Å². The Morgan fingerprint density at radius 3 is 2.57 bits per heavy atom. The minimum absolute atomic E-state index is 0.0494. The van der Waals surface area contributed by atoms with Gasteiger partial charge in [0.1, 0.15) is 0 Å². The lowest BCUT2D eigenvalue weighted by Crippen LogP contribution is -2.28. The molecule has 1 atom stereocenters. The molecule has 1 fully saturated rings. The summed E-state index contributed by atoms with van der Waals surface area (Å²) in [6.07, 6.45) is 0.201. The highest BCUT2D eigenvalue weighted by molar-refractivity contribution is 9.10. The average Bonchev–Trinajstić information content (AvgIpc) is 2.92. The summed E-state index contributed by atoms with van der Waals surface area (Å²) < 4.78 is 0.945. The van der Waals surface area contributed by atoms with Crippen LogP contribution in [0.1, 0.15) is 6.42 Å². The molecule has 0 aliphatic carbocycles. The van der Waals surface area contributed by atoms with E-state index in [4.69, 9.17) is 11.6 Å². The molecule has 6 heteroatoms. The van der Waals surface area contributed by atoms with Crippen LogP contribution in [0, 0.1) is 5.92 Å². The van der Waals surface area contributed by atoms with Gasteiger partial charge in [-0.05, 0) is 36.4 Å². The Balaban J connectivity index is 1.71. The summed E-state index contributed by atoms with van der Waals surface area (Å²) in [6.45, 7) is 0.372. The number of nitrogens with one attached hydrogen (secondary N) is 1. The molecule has 1 saturated heterocycles. The van der Waals surface area contributed by atoms with Gasteiger partial charge in [-0.2, -0.15) is 0 Å². The zero-order chi connectivity index (χ0) is 16.4. The fraction of sp³-hybridized carbons (Fsp3) is 0.176. The smallest absolute Gasteiger partial charge is 0.229 e. The van der Waals surface area contributed by atoms with Crippen LogP contribution >= 0.6 is 27.5 Å². The molecule has 0 aromatic heterocycles. The van der Waals surface area contributed by atoms with Crippen molar-refractivity contribution in [1.29, 1.82) is 0 Å². The Hall–Kier alpha value is -1.85. The van der Waals surface area contributed by atoms with Crippen molar-refractivity contribution in [3.63, 3.8) is 0 Å². The summed E-state index contributed by atoms with van der Waals surface area (Å²) in [5.74, 6) is -0.625. The molecular formula is C17H14BrClN2O2. The van der Waals surface area contributed by atoms with Crippen LogP contribution in [0.5, 0.6) is 0 Å². The maximum absolute atomic E-state index is 12.4. The van der Waals surface area contributed by atoms with E-state index in [-0.39, 0.29) is 24.2 Å². The van der Waals surface area contributed by atoms with Crippen molar-refractivity contribution in [2.75, 3.05) is 16.8 Å². The number of para-hydroxylation sites is 1. The SMILES string of the molecule is O=C(Nc1ccccc1Cl)[C@H]1CC(=O)N(c2ccc(Br)cc2)C1. The van der Waals surface area contributed by atoms with Gasteiger partial charge in [0.2, 0.25) is 11.8 Å². The number of rotatable bonds is 3. The monoisotopic (exact) mass is 392 g/mol. The quantitative estimate of drug-likeness (QED) is 0.854. The number of benzene rings is 2. The van der Waals surface area contributed by atoms with Crippen LogP contribution in [-0.4, -0.2) is 18.4 Å². The third-order valence-corrected chi connectivity index (χ3v) is 4.62. The van der Waals surface area contributed by atoms with E-state index in [1.54, 1.807) is 29.2 Å². The van der Waals surface area contributed by atoms with Crippen LogP contribution in [0.4, 0.5) is 11.4 Å². The first-order chi connectivity index (χ1) is 11.0. The average molecular weight is 394 g/mol. The van der Waals surface area contributed by atoms with Crippen LogP contribution in [-0.2, 0) is 9.59 Å². The second-order valence-electron chi connectivity index (χ2n) is 5.35. The summed E-state index contributed by atoms with van der Waals surface area (Å²) in [5, 5.41) is 3.28. The Kier molecular flexibility index (Phi) is 4.68. The third kappa shape index (κ3) is 3.57. The van der Waals surface area contributed by atoms with Crippen molar-refractivity contribution in [2.24, 2.45) is 5.92 Å². The van der Waals surface area contributed by atoms with Crippen LogP contribution in [0.3, 0.4) is 0 Å². The van der Waals surface area contributed by atoms with Crippen LogP contribution in [0.15, 0.2) is 53.0 Å². The van der Waals surface area contributed by atoms with E-state index < -0.39 is 0 Å². The van der Waals surface area contributed by atoms with Gasteiger partial charge in [0.05, 0.1) is 16.6 Å². The summed E-state index contributed by atoms with van der Waals surface area (Å²) in [6, 6.07) is 14.5. The molecule has 4 nitrogen and oxygen atoms in total. The first kappa shape index (κ1) is 16.0. The van der Waals surface area contributed by atoms with Gasteiger partial charge in [0.15, 0.2) is 0 Å². The van der Waals surface area contributed by atoms with Gasteiger partial charge in [-0.15, -0.1) is 0 Å². The lowest BCUT2D eigenvalue weighted by molar-refractivity contribution is -0.122.